The highest BCUT2D eigenvalue weighted by Crippen LogP contribution is 2.34. The maximum atomic E-state index is 13.0. The van der Waals surface area contributed by atoms with Crippen molar-refractivity contribution < 1.29 is 18.0 Å². The zero-order chi connectivity index (χ0) is 21.7. The number of benzene rings is 3. The van der Waals surface area contributed by atoms with E-state index in [1.165, 1.54) is 0 Å². The minimum atomic E-state index is -3.59. The molecule has 1 saturated heterocycles. The first-order valence-electron chi connectivity index (χ1n) is 10.2. The van der Waals surface area contributed by atoms with Gasteiger partial charge in [0.2, 0.25) is 10.0 Å². The molecule has 1 N–H and O–H groups in total. The summed E-state index contributed by atoms with van der Waals surface area (Å²) in [6.07, 6.45) is 0. The molecule has 1 fully saturated rings. The van der Waals surface area contributed by atoms with Gasteiger partial charge in [0, 0.05) is 13.6 Å². The third-order valence-electron chi connectivity index (χ3n) is 5.38. The molecule has 0 aromatic heterocycles. The summed E-state index contributed by atoms with van der Waals surface area (Å²) in [6, 6.07) is 26.5. The van der Waals surface area contributed by atoms with E-state index in [0.717, 1.165) is 22.4 Å². The van der Waals surface area contributed by atoms with E-state index in [1.807, 2.05) is 84.9 Å². The van der Waals surface area contributed by atoms with E-state index < -0.39 is 21.3 Å². The molecule has 3 aromatic rings. The van der Waals surface area contributed by atoms with Crippen molar-refractivity contribution in [2.45, 2.75) is 24.4 Å². The molecule has 1 aliphatic rings. The maximum Gasteiger partial charge on any atom is 0.219 e. The van der Waals surface area contributed by atoms with E-state index in [9.17, 15) is 8.42 Å². The quantitative estimate of drug-likeness (QED) is 0.581. The third kappa shape index (κ3) is 5.32. The summed E-state index contributed by atoms with van der Waals surface area (Å²) in [5.41, 5.74) is 2.86. The minimum Gasteiger partial charge on any atom is -0.489 e. The van der Waals surface area contributed by atoms with Crippen molar-refractivity contribution in [1.82, 2.24) is 9.79 Å². The maximum absolute atomic E-state index is 13.0. The predicted molar refractivity (Wildman–Crippen MR) is 120 cm³/mol. The molecule has 4 rings (SSSR count). The summed E-state index contributed by atoms with van der Waals surface area (Å²) in [5, 5.41) is 0.906. The molecule has 162 valence electrons. The topological polar surface area (TPSA) is 67.9 Å². The van der Waals surface area contributed by atoms with Crippen LogP contribution in [0.2, 0.25) is 0 Å². The molecule has 6 nitrogen and oxygen atoms in total. The van der Waals surface area contributed by atoms with Crippen LogP contribution in [0.1, 0.15) is 22.7 Å². The molecular formula is C24H26N2O4S. The molecular weight excluding hydrogens is 412 g/mol. The Kier molecular flexibility index (Phi) is 6.67. The molecule has 31 heavy (non-hydrogen) atoms. The van der Waals surface area contributed by atoms with Crippen LogP contribution in [0.5, 0.6) is 5.75 Å². The van der Waals surface area contributed by atoms with Crippen molar-refractivity contribution in [2.24, 2.45) is 0 Å². The first kappa shape index (κ1) is 21.5. The molecule has 0 amide bonds. The van der Waals surface area contributed by atoms with Crippen LogP contribution in [0.15, 0.2) is 84.9 Å². The highest BCUT2D eigenvalue weighted by atomic mass is 32.2. The van der Waals surface area contributed by atoms with Gasteiger partial charge >= 0.3 is 0 Å². The Morgan fingerprint density at radius 3 is 2.19 bits per heavy atom. The van der Waals surface area contributed by atoms with Crippen LogP contribution in [0, 0.1) is 0 Å². The van der Waals surface area contributed by atoms with Gasteiger partial charge in [-0.3, -0.25) is 4.84 Å². The Hall–Kier alpha value is -2.71. The van der Waals surface area contributed by atoms with Gasteiger partial charge in [-0.25, -0.2) is 13.1 Å². The second-order valence-electron chi connectivity index (χ2n) is 7.52. The normalized spacial score (nSPS) is 19.4. The van der Waals surface area contributed by atoms with Crippen molar-refractivity contribution in [3.05, 3.63) is 102 Å². The predicted octanol–water partition coefficient (Wildman–Crippen LogP) is 3.67. The highest BCUT2D eigenvalue weighted by Gasteiger charge is 2.43. The van der Waals surface area contributed by atoms with Gasteiger partial charge in [-0.05, 0) is 28.8 Å². The lowest BCUT2D eigenvalue weighted by Crippen LogP contribution is -2.39. The largest absolute Gasteiger partial charge is 0.489 e. The summed E-state index contributed by atoms with van der Waals surface area (Å²) < 4.78 is 34.6. The number of hydrogen-bond donors (Lipinski definition) is 1. The Bertz CT molecular complexity index is 1070. The van der Waals surface area contributed by atoms with Crippen LogP contribution in [0.3, 0.4) is 0 Å². The number of nitrogens with zero attached hydrogens (tertiary/aromatic N) is 1. The van der Waals surface area contributed by atoms with Crippen LogP contribution in [0.25, 0.3) is 0 Å². The van der Waals surface area contributed by atoms with Gasteiger partial charge in [-0.15, -0.1) is 0 Å². The van der Waals surface area contributed by atoms with E-state index in [-0.39, 0.29) is 13.2 Å². The Balaban J connectivity index is 1.44. The number of hydroxylamine groups is 2. The fourth-order valence-electron chi connectivity index (χ4n) is 3.67. The zero-order valence-electron chi connectivity index (χ0n) is 17.3. The lowest BCUT2D eigenvalue weighted by Gasteiger charge is -2.23. The summed E-state index contributed by atoms with van der Waals surface area (Å²) in [5.74, 6) is 0.732. The number of sulfonamides is 1. The molecule has 0 aliphatic carbocycles. The molecule has 2 atom stereocenters. The summed E-state index contributed by atoms with van der Waals surface area (Å²) in [4.78, 5) is 5.59. The number of nitrogens with one attached hydrogen (secondary N) is 1. The fourth-order valence-corrected chi connectivity index (χ4v) is 5.16. The second kappa shape index (κ2) is 9.62. The first-order valence-corrected chi connectivity index (χ1v) is 11.7. The van der Waals surface area contributed by atoms with E-state index in [1.54, 1.807) is 12.1 Å². The first-order chi connectivity index (χ1) is 15.0. The second-order valence-corrected chi connectivity index (χ2v) is 9.50. The van der Waals surface area contributed by atoms with Crippen LogP contribution in [-0.2, 0) is 28.0 Å². The van der Waals surface area contributed by atoms with Gasteiger partial charge in [0.15, 0.2) is 0 Å². The number of hydrogen-bond acceptors (Lipinski definition) is 5. The smallest absolute Gasteiger partial charge is 0.219 e. The van der Waals surface area contributed by atoms with E-state index in [4.69, 9.17) is 9.57 Å². The standard InChI is InChI=1S/C24H26N2O4S/c1-26-24(21-12-14-22(15-13-21)29-17-20-10-6-3-7-11-20)23(18-30-26)31(27,28)25-16-19-8-4-2-5-9-19/h2-15,23-25H,16-18H2,1H3. The van der Waals surface area contributed by atoms with Crippen molar-refractivity contribution >= 4 is 10.0 Å². The van der Waals surface area contributed by atoms with Gasteiger partial charge < -0.3 is 4.74 Å². The van der Waals surface area contributed by atoms with E-state index in [0.29, 0.717) is 6.61 Å². The molecule has 0 spiro atoms. The van der Waals surface area contributed by atoms with E-state index in [2.05, 4.69) is 4.72 Å². The molecule has 3 aromatic carbocycles. The molecule has 1 heterocycles. The molecule has 2 unspecified atom stereocenters. The van der Waals surface area contributed by atoms with Crippen molar-refractivity contribution in [1.29, 1.82) is 0 Å². The molecule has 1 aliphatic heterocycles. The van der Waals surface area contributed by atoms with Crippen LogP contribution in [-0.4, -0.2) is 32.4 Å². The SMILES string of the molecule is CN1OCC(S(=O)(=O)NCc2ccccc2)C1c1ccc(OCc2ccccc2)cc1. The zero-order valence-corrected chi connectivity index (χ0v) is 18.2. The monoisotopic (exact) mass is 438 g/mol. The Morgan fingerprint density at radius 1 is 0.935 bits per heavy atom. The van der Waals surface area contributed by atoms with Crippen LogP contribution < -0.4 is 9.46 Å². The third-order valence-corrected chi connectivity index (χ3v) is 7.11. The highest BCUT2D eigenvalue weighted by molar-refractivity contribution is 7.90. The Labute approximate surface area is 183 Å². The van der Waals surface area contributed by atoms with Gasteiger partial charge in [0.25, 0.3) is 0 Å². The lowest BCUT2D eigenvalue weighted by molar-refractivity contribution is -0.110. The number of rotatable bonds is 8. The lowest BCUT2D eigenvalue weighted by atomic mass is 10.0. The van der Waals surface area contributed by atoms with Gasteiger partial charge in [-0.2, -0.15) is 5.06 Å². The van der Waals surface area contributed by atoms with Crippen molar-refractivity contribution in [2.75, 3.05) is 13.7 Å². The molecule has 0 saturated carbocycles. The average molecular weight is 439 g/mol. The molecule has 0 radical (unpaired) electrons. The van der Waals surface area contributed by atoms with E-state index >= 15 is 0 Å². The van der Waals surface area contributed by atoms with Gasteiger partial charge in [0.1, 0.15) is 17.6 Å². The molecule has 0 bridgehead atoms. The number of ether oxygens (including phenoxy) is 1. The van der Waals surface area contributed by atoms with Crippen LogP contribution >= 0.6 is 0 Å². The Morgan fingerprint density at radius 2 is 1.55 bits per heavy atom. The summed E-state index contributed by atoms with van der Waals surface area (Å²) in [6.45, 7) is 0.840. The summed E-state index contributed by atoms with van der Waals surface area (Å²) in [7, 11) is -1.83. The fraction of sp³-hybridized carbons (Fsp3) is 0.250. The van der Waals surface area contributed by atoms with Crippen molar-refractivity contribution in [3.63, 3.8) is 0 Å². The van der Waals surface area contributed by atoms with Gasteiger partial charge in [-0.1, -0.05) is 72.8 Å². The van der Waals surface area contributed by atoms with Crippen LogP contribution in [0.4, 0.5) is 0 Å². The average Bonchev–Trinajstić information content (AvgIpc) is 3.20. The minimum absolute atomic E-state index is 0.109. The van der Waals surface area contributed by atoms with Gasteiger partial charge in [0.05, 0.1) is 12.6 Å². The van der Waals surface area contributed by atoms with Crippen molar-refractivity contribution in [3.8, 4) is 5.75 Å². The molecule has 7 heteroatoms. The summed E-state index contributed by atoms with van der Waals surface area (Å²) >= 11 is 0.